The van der Waals surface area contributed by atoms with Gasteiger partial charge in [-0.2, -0.15) is 13.2 Å². The fraction of sp³-hybridized carbons (Fsp3) is 0.600. The maximum Gasteiger partial charge on any atom is 0.391 e. The second-order valence-electron chi connectivity index (χ2n) is 5.43. The molecular weight excluding hydrogens is 281 g/mol. The third-order valence-electron chi connectivity index (χ3n) is 3.82. The molecule has 1 heterocycles. The van der Waals surface area contributed by atoms with Crippen LogP contribution in [0.2, 0.25) is 0 Å². The van der Waals surface area contributed by atoms with Crippen LogP contribution in [0, 0.1) is 5.92 Å². The van der Waals surface area contributed by atoms with E-state index in [4.69, 9.17) is 10.5 Å². The van der Waals surface area contributed by atoms with Crippen LogP contribution < -0.4 is 10.5 Å². The summed E-state index contributed by atoms with van der Waals surface area (Å²) < 4.78 is 43.2. The lowest BCUT2D eigenvalue weighted by Gasteiger charge is -2.32. The molecule has 1 aromatic rings. The Morgan fingerprint density at radius 1 is 1.14 bits per heavy atom. The molecule has 6 heteroatoms. The number of anilines is 1. The molecule has 0 radical (unpaired) electrons. The minimum Gasteiger partial charge on any atom is -0.494 e. The number of piperidine rings is 1. The van der Waals surface area contributed by atoms with Crippen LogP contribution in [-0.4, -0.2) is 37.3 Å². The van der Waals surface area contributed by atoms with Crippen molar-refractivity contribution in [1.82, 2.24) is 4.90 Å². The van der Waals surface area contributed by atoms with Crippen molar-refractivity contribution in [1.29, 1.82) is 0 Å². The third-order valence-corrected chi connectivity index (χ3v) is 3.82. The largest absolute Gasteiger partial charge is 0.494 e. The van der Waals surface area contributed by atoms with Gasteiger partial charge in [-0.05, 0) is 56.6 Å². The average molecular weight is 302 g/mol. The molecule has 1 aliphatic heterocycles. The molecule has 3 nitrogen and oxygen atoms in total. The van der Waals surface area contributed by atoms with Crippen LogP contribution in [-0.2, 0) is 0 Å². The van der Waals surface area contributed by atoms with E-state index in [1.165, 1.54) is 0 Å². The van der Waals surface area contributed by atoms with E-state index in [-0.39, 0.29) is 12.8 Å². The Bertz CT molecular complexity index is 426. The Morgan fingerprint density at radius 3 is 2.33 bits per heavy atom. The van der Waals surface area contributed by atoms with Gasteiger partial charge in [-0.15, -0.1) is 0 Å². The molecule has 2 N–H and O–H groups in total. The molecule has 1 aliphatic rings. The second kappa shape index (κ2) is 7.02. The van der Waals surface area contributed by atoms with E-state index in [0.29, 0.717) is 25.4 Å². The zero-order chi connectivity index (χ0) is 15.3. The molecule has 1 fully saturated rings. The third kappa shape index (κ3) is 5.12. The first-order valence-corrected chi connectivity index (χ1v) is 7.22. The van der Waals surface area contributed by atoms with Crippen LogP contribution in [0.25, 0.3) is 0 Å². The molecule has 1 saturated heterocycles. The standard InChI is InChI=1S/C15H21F3N2O/c16-15(17,18)12-6-9-20(10-7-12)8-1-11-21-14-4-2-13(19)3-5-14/h2-5,12H,1,6-11,19H2. The number of alkyl halides is 3. The Balaban J connectivity index is 1.61. The Morgan fingerprint density at radius 2 is 1.76 bits per heavy atom. The van der Waals surface area contributed by atoms with Gasteiger partial charge in [0.1, 0.15) is 5.75 Å². The first kappa shape index (κ1) is 15.9. The van der Waals surface area contributed by atoms with Crippen LogP contribution in [0.1, 0.15) is 19.3 Å². The highest BCUT2D eigenvalue weighted by Gasteiger charge is 2.40. The van der Waals surface area contributed by atoms with Crippen molar-refractivity contribution in [3.63, 3.8) is 0 Å². The summed E-state index contributed by atoms with van der Waals surface area (Å²) in [5.74, 6) is -0.361. The predicted molar refractivity (Wildman–Crippen MR) is 76.2 cm³/mol. The van der Waals surface area contributed by atoms with Gasteiger partial charge in [-0.1, -0.05) is 0 Å². The highest BCUT2D eigenvalue weighted by atomic mass is 19.4. The molecule has 0 amide bonds. The summed E-state index contributed by atoms with van der Waals surface area (Å²) in [5.41, 5.74) is 6.27. The van der Waals surface area contributed by atoms with Gasteiger partial charge >= 0.3 is 6.18 Å². The SMILES string of the molecule is Nc1ccc(OCCCN2CCC(C(F)(F)F)CC2)cc1. The van der Waals surface area contributed by atoms with Gasteiger partial charge in [-0.3, -0.25) is 0 Å². The monoisotopic (exact) mass is 302 g/mol. The minimum absolute atomic E-state index is 0.211. The topological polar surface area (TPSA) is 38.5 Å². The predicted octanol–water partition coefficient (Wildman–Crippen LogP) is 3.31. The second-order valence-corrected chi connectivity index (χ2v) is 5.43. The molecule has 0 saturated carbocycles. The van der Waals surface area contributed by atoms with Crippen molar-refractivity contribution in [3.8, 4) is 5.75 Å². The molecule has 0 atom stereocenters. The van der Waals surface area contributed by atoms with Crippen LogP contribution in [0.15, 0.2) is 24.3 Å². The minimum atomic E-state index is -4.04. The van der Waals surface area contributed by atoms with Crippen LogP contribution in [0.5, 0.6) is 5.75 Å². The number of hydrogen-bond donors (Lipinski definition) is 1. The highest BCUT2D eigenvalue weighted by molar-refractivity contribution is 5.41. The molecular formula is C15H21F3N2O. The number of ether oxygens (including phenoxy) is 1. The van der Waals surface area contributed by atoms with Crippen molar-refractivity contribution in [3.05, 3.63) is 24.3 Å². The van der Waals surface area contributed by atoms with Crippen LogP contribution >= 0.6 is 0 Å². The number of nitrogen functional groups attached to an aromatic ring is 1. The molecule has 2 rings (SSSR count). The van der Waals surface area contributed by atoms with Crippen molar-refractivity contribution in [2.75, 3.05) is 32.0 Å². The number of likely N-dealkylation sites (tertiary alicyclic amines) is 1. The van der Waals surface area contributed by atoms with Crippen molar-refractivity contribution in [2.45, 2.75) is 25.4 Å². The molecule has 1 aromatic carbocycles. The van der Waals surface area contributed by atoms with Gasteiger partial charge in [0.15, 0.2) is 0 Å². The molecule has 0 spiro atoms. The number of rotatable bonds is 5. The summed E-state index contributed by atoms with van der Waals surface area (Å²) in [5, 5.41) is 0. The summed E-state index contributed by atoms with van der Waals surface area (Å²) >= 11 is 0. The zero-order valence-corrected chi connectivity index (χ0v) is 11.9. The smallest absolute Gasteiger partial charge is 0.391 e. The fourth-order valence-corrected chi connectivity index (χ4v) is 2.53. The zero-order valence-electron chi connectivity index (χ0n) is 11.9. The highest BCUT2D eigenvalue weighted by Crippen LogP contribution is 2.34. The van der Waals surface area contributed by atoms with Crippen LogP contribution in [0.3, 0.4) is 0 Å². The van der Waals surface area contributed by atoms with Gasteiger partial charge in [0.25, 0.3) is 0 Å². The Hall–Kier alpha value is -1.43. The first-order chi connectivity index (χ1) is 9.95. The molecule has 118 valence electrons. The summed E-state index contributed by atoms with van der Waals surface area (Å²) in [4.78, 5) is 2.08. The lowest BCUT2D eigenvalue weighted by molar-refractivity contribution is -0.185. The number of hydrogen-bond acceptors (Lipinski definition) is 3. The van der Waals surface area contributed by atoms with E-state index in [2.05, 4.69) is 4.90 Å². The summed E-state index contributed by atoms with van der Waals surface area (Å²) in [6, 6.07) is 7.17. The summed E-state index contributed by atoms with van der Waals surface area (Å²) in [7, 11) is 0. The fourth-order valence-electron chi connectivity index (χ4n) is 2.53. The summed E-state index contributed by atoms with van der Waals surface area (Å²) in [6.45, 7) is 2.38. The molecule has 0 aliphatic carbocycles. The maximum absolute atomic E-state index is 12.5. The molecule has 21 heavy (non-hydrogen) atoms. The molecule has 0 unspecified atom stereocenters. The van der Waals surface area contributed by atoms with E-state index >= 15 is 0 Å². The van der Waals surface area contributed by atoms with E-state index in [9.17, 15) is 13.2 Å². The van der Waals surface area contributed by atoms with Gasteiger partial charge in [0.05, 0.1) is 12.5 Å². The van der Waals surface area contributed by atoms with Gasteiger partial charge in [0.2, 0.25) is 0 Å². The quantitative estimate of drug-likeness (QED) is 0.670. The van der Waals surface area contributed by atoms with Crippen molar-refractivity contribution >= 4 is 5.69 Å². The van der Waals surface area contributed by atoms with Crippen LogP contribution in [0.4, 0.5) is 18.9 Å². The Kier molecular flexibility index (Phi) is 5.33. The molecule has 0 bridgehead atoms. The van der Waals surface area contributed by atoms with E-state index in [1.54, 1.807) is 12.1 Å². The van der Waals surface area contributed by atoms with E-state index in [0.717, 1.165) is 18.7 Å². The average Bonchev–Trinajstić information content (AvgIpc) is 2.45. The number of nitrogens with zero attached hydrogens (tertiary/aromatic N) is 1. The lowest BCUT2D eigenvalue weighted by Crippen LogP contribution is -2.39. The van der Waals surface area contributed by atoms with E-state index < -0.39 is 12.1 Å². The van der Waals surface area contributed by atoms with Crippen molar-refractivity contribution < 1.29 is 17.9 Å². The molecule has 0 aromatic heterocycles. The summed E-state index contributed by atoms with van der Waals surface area (Å²) in [6.07, 6.45) is -2.81. The lowest BCUT2D eigenvalue weighted by atomic mass is 9.96. The maximum atomic E-state index is 12.5. The van der Waals surface area contributed by atoms with Crippen molar-refractivity contribution in [2.24, 2.45) is 5.92 Å². The normalized spacial score (nSPS) is 17.9. The van der Waals surface area contributed by atoms with Gasteiger partial charge < -0.3 is 15.4 Å². The van der Waals surface area contributed by atoms with Gasteiger partial charge in [-0.25, -0.2) is 0 Å². The number of benzene rings is 1. The first-order valence-electron chi connectivity index (χ1n) is 7.22. The Labute approximate surface area is 122 Å². The van der Waals surface area contributed by atoms with Gasteiger partial charge in [0, 0.05) is 12.2 Å². The number of halogens is 3. The van der Waals surface area contributed by atoms with E-state index in [1.807, 2.05) is 12.1 Å². The number of nitrogens with two attached hydrogens (primary N) is 1.